The first kappa shape index (κ1) is 22.2. The Morgan fingerprint density at radius 3 is 2.52 bits per heavy atom. The molecule has 4 aromatic rings. The van der Waals surface area contributed by atoms with Gasteiger partial charge in [-0.05, 0) is 30.3 Å². The van der Waals surface area contributed by atoms with Crippen molar-refractivity contribution < 1.29 is 9.47 Å². The second-order valence-electron chi connectivity index (χ2n) is 7.27. The summed E-state index contributed by atoms with van der Waals surface area (Å²) in [5, 5.41) is 6.55. The van der Waals surface area contributed by atoms with Gasteiger partial charge in [-0.2, -0.15) is 4.98 Å². The zero-order chi connectivity index (χ0) is 22.9. The minimum atomic E-state index is 0.212. The Hall–Kier alpha value is -4.01. The molecule has 0 fully saturated rings. The molecule has 0 aliphatic carbocycles. The number of benzene rings is 2. The number of rotatable bonds is 10. The molecule has 33 heavy (non-hydrogen) atoms. The largest absolute Gasteiger partial charge is 0.457 e. The first-order valence-electron chi connectivity index (χ1n) is 10.6. The maximum atomic E-state index is 5.98. The number of nitrogens with zero attached hydrogens (tertiary/aromatic N) is 3. The Balaban J connectivity index is 1.40. The first-order chi connectivity index (χ1) is 16.2. The van der Waals surface area contributed by atoms with Gasteiger partial charge in [-0.25, -0.2) is 4.98 Å². The van der Waals surface area contributed by atoms with E-state index in [1.54, 1.807) is 13.3 Å². The van der Waals surface area contributed by atoms with Gasteiger partial charge in [-0.15, -0.1) is 0 Å². The third-order valence-electron chi connectivity index (χ3n) is 4.75. The van der Waals surface area contributed by atoms with Gasteiger partial charge in [0.25, 0.3) is 0 Å². The van der Waals surface area contributed by atoms with E-state index in [0.29, 0.717) is 19.0 Å². The molecule has 0 amide bonds. The summed E-state index contributed by atoms with van der Waals surface area (Å²) in [5.74, 6) is 2.28. The van der Waals surface area contributed by atoms with Crippen LogP contribution in [0, 0.1) is 0 Å². The quantitative estimate of drug-likeness (QED) is 0.310. The van der Waals surface area contributed by atoms with Crippen LogP contribution >= 0.6 is 0 Å². The average Bonchev–Trinajstić information content (AvgIpc) is 2.84. The molecule has 168 valence electrons. The van der Waals surface area contributed by atoms with Crippen molar-refractivity contribution in [1.29, 1.82) is 0 Å². The average molecular weight is 443 g/mol. The molecule has 0 radical (unpaired) electrons. The van der Waals surface area contributed by atoms with Crippen LogP contribution in [0.25, 0.3) is 11.3 Å². The summed E-state index contributed by atoms with van der Waals surface area (Å²) >= 11 is 0. The van der Waals surface area contributed by atoms with Crippen molar-refractivity contribution in [3.63, 3.8) is 0 Å². The van der Waals surface area contributed by atoms with Crippen molar-refractivity contribution in [2.24, 2.45) is 0 Å². The summed E-state index contributed by atoms with van der Waals surface area (Å²) in [6, 6.07) is 23.1. The van der Waals surface area contributed by atoms with Crippen LogP contribution in [-0.4, -0.2) is 35.2 Å². The van der Waals surface area contributed by atoms with Gasteiger partial charge in [0.05, 0.1) is 18.0 Å². The molecule has 2 heterocycles. The smallest absolute Gasteiger partial charge is 0.222 e. The summed E-state index contributed by atoms with van der Waals surface area (Å²) in [5.41, 5.74) is 9.41. The lowest BCUT2D eigenvalue weighted by molar-refractivity contribution is 0.199. The molecule has 0 unspecified atom stereocenters. The molecule has 2 aromatic heterocycles. The number of hydrogen-bond donors (Lipinski definition) is 3. The fourth-order valence-electron chi connectivity index (χ4n) is 3.18. The highest BCUT2D eigenvalue weighted by Crippen LogP contribution is 2.26. The third kappa shape index (κ3) is 6.49. The van der Waals surface area contributed by atoms with Gasteiger partial charge in [0, 0.05) is 49.8 Å². The van der Waals surface area contributed by atoms with Crippen molar-refractivity contribution in [2.45, 2.75) is 6.54 Å². The van der Waals surface area contributed by atoms with Gasteiger partial charge in [0.2, 0.25) is 5.95 Å². The summed E-state index contributed by atoms with van der Waals surface area (Å²) in [4.78, 5) is 13.0. The molecule has 0 atom stereocenters. The lowest BCUT2D eigenvalue weighted by Crippen LogP contribution is -2.19. The van der Waals surface area contributed by atoms with Gasteiger partial charge < -0.3 is 25.8 Å². The topological polar surface area (TPSA) is 107 Å². The molecule has 0 saturated carbocycles. The Kier molecular flexibility index (Phi) is 7.42. The highest BCUT2D eigenvalue weighted by Gasteiger charge is 2.06. The van der Waals surface area contributed by atoms with Crippen LogP contribution in [0.4, 0.5) is 17.5 Å². The molecule has 8 nitrogen and oxygen atoms in total. The lowest BCUT2D eigenvalue weighted by atomic mass is 10.1. The number of nitrogens with one attached hydrogen (secondary N) is 2. The van der Waals surface area contributed by atoms with Crippen LogP contribution in [0.15, 0.2) is 79.0 Å². The van der Waals surface area contributed by atoms with Crippen molar-refractivity contribution >= 4 is 17.5 Å². The van der Waals surface area contributed by atoms with Crippen LogP contribution in [0.2, 0.25) is 0 Å². The van der Waals surface area contributed by atoms with Gasteiger partial charge >= 0.3 is 0 Å². The highest BCUT2D eigenvalue weighted by atomic mass is 16.5. The Bertz CT molecular complexity index is 1170. The lowest BCUT2D eigenvalue weighted by Gasteiger charge is -2.11. The van der Waals surface area contributed by atoms with E-state index in [1.807, 2.05) is 72.8 Å². The van der Waals surface area contributed by atoms with Gasteiger partial charge in [0.15, 0.2) is 0 Å². The molecular weight excluding hydrogens is 416 g/mol. The zero-order valence-electron chi connectivity index (χ0n) is 18.4. The van der Waals surface area contributed by atoms with E-state index in [4.69, 9.17) is 15.2 Å². The predicted octanol–water partition coefficient (Wildman–Crippen LogP) is 4.39. The molecule has 4 N–H and O–H groups in total. The number of ether oxygens (including phenoxy) is 2. The van der Waals surface area contributed by atoms with Crippen LogP contribution in [0.1, 0.15) is 5.69 Å². The molecular formula is C25H26N6O2. The number of aromatic nitrogens is 3. The summed E-state index contributed by atoms with van der Waals surface area (Å²) < 4.78 is 11.0. The van der Waals surface area contributed by atoms with Crippen LogP contribution < -0.4 is 21.1 Å². The second-order valence-corrected chi connectivity index (χ2v) is 7.27. The molecule has 0 aliphatic heterocycles. The molecule has 8 heteroatoms. The van der Waals surface area contributed by atoms with E-state index in [0.717, 1.165) is 40.7 Å². The van der Waals surface area contributed by atoms with Gasteiger partial charge in [0.1, 0.15) is 17.3 Å². The number of methoxy groups -OCH3 is 1. The summed E-state index contributed by atoms with van der Waals surface area (Å²) in [7, 11) is 1.68. The standard InChI is InChI=1S/C25H26N6O2/c1-32-14-13-27-17-20-15-22(11-12-28-20)33-21-9-7-19(8-10-21)29-24-16-23(30-25(26)31-24)18-5-3-2-4-6-18/h2-12,15-16,27H,13-14,17H2,1H3,(H3,26,29,30,31). The summed E-state index contributed by atoms with van der Waals surface area (Å²) in [6.45, 7) is 2.07. The third-order valence-corrected chi connectivity index (χ3v) is 4.75. The van der Waals surface area contributed by atoms with E-state index < -0.39 is 0 Å². The molecule has 4 rings (SSSR count). The fourth-order valence-corrected chi connectivity index (χ4v) is 3.18. The first-order valence-corrected chi connectivity index (χ1v) is 10.6. The number of hydrogen-bond acceptors (Lipinski definition) is 8. The fraction of sp³-hybridized carbons (Fsp3) is 0.160. The normalized spacial score (nSPS) is 10.7. The Labute approximate surface area is 192 Å². The van der Waals surface area contributed by atoms with E-state index in [2.05, 4.69) is 25.6 Å². The maximum absolute atomic E-state index is 5.98. The predicted molar refractivity (Wildman–Crippen MR) is 129 cm³/mol. The number of nitrogen functional groups attached to an aromatic ring is 1. The van der Waals surface area contributed by atoms with E-state index in [9.17, 15) is 0 Å². The molecule has 0 aliphatic rings. The van der Waals surface area contributed by atoms with Crippen molar-refractivity contribution in [2.75, 3.05) is 31.3 Å². The number of pyridine rings is 1. The van der Waals surface area contributed by atoms with E-state index >= 15 is 0 Å². The molecule has 0 bridgehead atoms. The second kappa shape index (κ2) is 11.0. The summed E-state index contributed by atoms with van der Waals surface area (Å²) in [6.07, 6.45) is 1.74. The highest BCUT2D eigenvalue weighted by molar-refractivity contribution is 5.67. The maximum Gasteiger partial charge on any atom is 0.222 e. The Morgan fingerprint density at radius 1 is 0.909 bits per heavy atom. The van der Waals surface area contributed by atoms with Gasteiger partial charge in [-0.3, -0.25) is 4.98 Å². The van der Waals surface area contributed by atoms with E-state index in [-0.39, 0.29) is 5.95 Å². The number of nitrogens with two attached hydrogens (primary N) is 1. The van der Waals surface area contributed by atoms with Crippen molar-refractivity contribution in [3.05, 3.63) is 84.7 Å². The van der Waals surface area contributed by atoms with Crippen LogP contribution in [0.5, 0.6) is 11.5 Å². The minimum absolute atomic E-state index is 0.212. The Morgan fingerprint density at radius 2 is 1.73 bits per heavy atom. The van der Waals surface area contributed by atoms with Crippen molar-refractivity contribution in [1.82, 2.24) is 20.3 Å². The molecule has 0 saturated heterocycles. The SMILES string of the molecule is COCCNCc1cc(Oc2ccc(Nc3cc(-c4ccccc4)nc(N)n3)cc2)ccn1. The zero-order valence-corrected chi connectivity index (χ0v) is 18.4. The van der Waals surface area contributed by atoms with Crippen molar-refractivity contribution in [3.8, 4) is 22.8 Å². The van der Waals surface area contributed by atoms with Gasteiger partial charge in [-0.1, -0.05) is 30.3 Å². The van der Waals surface area contributed by atoms with Crippen LogP contribution in [-0.2, 0) is 11.3 Å². The monoisotopic (exact) mass is 442 g/mol. The minimum Gasteiger partial charge on any atom is -0.457 e. The molecule has 2 aromatic carbocycles. The van der Waals surface area contributed by atoms with Crippen LogP contribution in [0.3, 0.4) is 0 Å². The number of anilines is 3. The molecule has 0 spiro atoms. The van der Waals surface area contributed by atoms with E-state index in [1.165, 1.54) is 0 Å².